The van der Waals surface area contributed by atoms with Gasteiger partial charge in [0.05, 0.1) is 23.9 Å². The number of ether oxygens (including phenoxy) is 1. The fraction of sp³-hybridized carbons (Fsp3) is 0.700. The van der Waals surface area contributed by atoms with Gasteiger partial charge in [0.2, 0.25) is 0 Å². The van der Waals surface area contributed by atoms with Crippen LogP contribution in [0.5, 0.6) is 0 Å². The third-order valence-corrected chi connectivity index (χ3v) is 5.95. The van der Waals surface area contributed by atoms with Crippen molar-refractivity contribution < 1.29 is 17.9 Å². The van der Waals surface area contributed by atoms with Crippen LogP contribution in [0.3, 0.4) is 0 Å². The highest BCUT2D eigenvalue weighted by molar-refractivity contribution is 5.43. The lowest BCUT2D eigenvalue weighted by Crippen LogP contribution is -2.50. The highest BCUT2D eigenvalue weighted by Crippen LogP contribution is 2.42. The van der Waals surface area contributed by atoms with Gasteiger partial charge in [-0.2, -0.15) is 18.3 Å². The Kier molecular flexibility index (Phi) is 4.90. The lowest BCUT2D eigenvalue weighted by molar-refractivity contribution is -0.182. The van der Waals surface area contributed by atoms with E-state index in [0.717, 1.165) is 22.7 Å². The van der Waals surface area contributed by atoms with Gasteiger partial charge >= 0.3 is 6.18 Å². The van der Waals surface area contributed by atoms with Crippen LogP contribution >= 0.6 is 0 Å². The van der Waals surface area contributed by atoms with E-state index in [0.29, 0.717) is 26.0 Å². The summed E-state index contributed by atoms with van der Waals surface area (Å²) in [4.78, 5) is 4.57. The van der Waals surface area contributed by atoms with Crippen LogP contribution in [0, 0.1) is 12.8 Å². The van der Waals surface area contributed by atoms with Crippen molar-refractivity contribution in [1.82, 2.24) is 19.9 Å². The molecule has 2 fully saturated rings. The van der Waals surface area contributed by atoms with Crippen LogP contribution in [-0.2, 0) is 4.74 Å². The molecule has 2 aromatic heterocycles. The first-order valence-electron chi connectivity index (χ1n) is 9.93. The number of aromatic nitrogens is 3. The van der Waals surface area contributed by atoms with Crippen molar-refractivity contribution >= 4 is 5.65 Å². The van der Waals surface area contributed by atoms with E-state index in [-0.39, 0.29) is 30.4 Å². The molecule has 4 rings (SSSR count). The Morgan fingerprint density at radius 1 is 1.18 bits per heavy atom. The summed E-state index contributed by atoms with van der Waals surface area (Å²) in [5.74, 6) is -1.13. The van der Waals surface area contributed by atoms with E-state index in [9.17, 15) is 13.2 Å². The average Bonchev–Trinajstić information content (AvgIpc) is 3.04. The molecule has 1 aliphatic carbocycles. The molecule has 1 N–H and O–H groups in total. The smallest absolute Gasteiger partial charge is 0.369 e. The number of morpholine rings is 1. The second kappa shape index (κ2) is 6.99. The lowest BCUT2D eigenvalue weighted by atomic mass is 9.80. The van der Waals surface area contributed by atoms with Crippen LogP contribution in [0.25, 0.3) is 5.65 Å². The molecular formula is C20H27F3N4O. The molecule has 28 heavy (non-hydrogen) atoms. The van der Waals surface area contributed by atoms with Crippen molar-refractivity contribution in [2.24, 2.45) is 5.92 Å². The maximum atomic E-state index is 12.9. The largest absolute Gasteiger partial charge is 0.391 e. The van der Waals surface area contributed by atoms with Crippen molar-refractivity contribution in [3.63, 3.8) is 0 Å². The molecule has 154 valence electrons. The minimum atomic E-state index is -4.09. The minimum Gasteiger partial charge on any atom is -0.369 e. The Hall–Kier alpha value is -1.67. The summed E-state index contributed by atoms with van der Waals surface area (Å²) in [6.07, 6.45) is -2.85. The van der Waals surface area contributed by atoms with E-state index < -0.39 is 12.1 Å². The van der Waals surface area contributed by atoms with Gasteiger partial charge in [0, 0.05) is 29.8 Å². The number of hydrogen-bond acceptors (Lipinski definition) is 4. The van der Waals surface area contributed by atoms with E-state index in [4.69, 9.17) is 9.84 Å². The van der Waals surface area contributed by atoms with E-state index >= 15 is 0 Å². The average molecular weight is 396 g/mol. The molecule has 1 saturated heterocycles. The normalized spacial score (nSPS) is 28.6. The van der Waals surface area contributed by atoms with E-state index in [1.54, 1.807) is 0 Å². The molecule has 5 nitrogen and oxygen atoms in total. The predicted molar refractivity (Wildman–Crippen MR) is 99.3 cm³/mol. The van der Waals surface area contributed by atoms with Crippen molar-refractivity contribution in [1.29, 1.82) is 0 Å². The first kappa shape index (κ1) is 19.6. The number of fused-ring (bicyclic) bond motifs is 1. The summed E-state index contributed by atoms with van der Waals surface area (Å²) in [6.45, 7) is 7.40. The molecule has 1 atom stereocenters. The summed E-state index contributed by atoms with van der Waals surface area (Å²) in [7, 11) is 0. The summed E-state index contributed by atoms with van der Waals surface area (Å²) < 4.78 is 46.7. The Morgan fingerprint density at radius 3 is 2.50 bits per heavy atom. The van der Waals surface area contributed by atoms with Gasteiger partial charge in [-0.1, -0.05) is 0 Å². The maximum absolute atomic E-state index is 12.9. The number of halogens is 3. The standard InChI is InChI=1S/C20H27F3N4O/c1-12-8-16(17-10-24-19(2,3)11-28-17)27-18(25-12)9-15(26-27)13-4-6-14(7-5-13)20(21,22)23/h8-9,13-14,17,24H,4-7,10-11H2,1-3H3/t13-,14-,17-/m1/s1. The zero-order valence-electron chi connectivity index (χ0n) is 16.5. The first-order chi connectivity index (χ1) is 13.1. The number of hydrogen-bond donors (Lipinski definition) is 1. The number of rotatable bonds is 2. The van der Waals surface area contributed by atoms with E-state index in [1.165, 1.54) is 0 Å². The third-order valence-electron chi connectivity index (χ3n) is 5.95. The van der Waals surface area contributed by atoms with Crippen LogP contribution < -0.4 is 5.32 Å². The molecule has 0 unspecified atom stereocenters. The van der Waals surface area contributed by atoms with Gasteiger partial charge in [0.1, 0.15) is 6.10 Å². The number of aryl methyl sites for hydroxylation is 1. The highest BCUT2D eigenvalue weighted by atomic mass is 19.4. The topological polar surface area (TPSA) is 51.5 Å². The predicted octanol–water partition coefficient (Wildman–Crippen LogP) is 4.31. The number of nitrogens with zero attached hydrogens (tertiary/aromatic N) is 3. The molecule has 0 radical (unpaired) electrons. The van der Waals surface area contributed by atoms with Crippen LogP contribution in [-0.4, -0.2) is 39.5 Å². The molecule has 1 saturated carbocycles. The summed E-state index contributed by atoms with van der Waals surface area (Å²) in [5.41, 5.74) is 3.31. The van der Waals surface area contributed by atoms with Crippen molar-refractivity contribution in [2.45, 2.75) is 70.2 Å². The molecule has 3 heterocycles. The second-order valence-electron chi connectivity index (χ2n) is 8.82. The van der Waals surface area contributed by atoms with E-state index in [1.807, 2.05) is 23.6 Å². The highest BCUT2D eigenvalue weighted by Gasteiger charge is 2.42. The third kappa shape index (κ3) is 3.89. The van der Waals surface area contributed by atoms with Gasteiger partial charge in [-0.15, -0.1) is 0 Å². The van der Waals surface area contributed by atoms with Crippen molar-refractivity contribution in [3.8, 4) is 0 Å². The van der Waals surface area contributed by atoms with Gasteiger partial charge in [0.25, 0.3) is 0 Å². The van der Waals surface area contributed by atoms with Crippen LogP contribution in [0.2, 0.25) is 0 Å². The SMILES string of the molecule is Cc1cc([C@H]2CNC(C)(C)CO2)n2nc([C@H]3CC[C@H](C(F)(F)F)CC3)cc2n1. The molecule has 0 aromatic carbocycles. The fourth-order valence-electron chi connectivity index (χ4n) is 4.27. The molecular weight excluding hydrogens is 369 g/mol. The molecule has 1 aliphatic heterocycles. The summed E-state index contributed by atoms with van der Waals surface area (Å²) >= 11 is 0. The van der Waals surface area contributed by atoms with Crippen molar-refractivity contribution in [2.75, 3.05) is 13.2 Å². The zero-order valence-corrected chi connectivity index (χ0v) is 16.5. The molecule has 0 spiro atoms. The molecule has 8 heteroatoms. The molecule has 0 bridgehead atoms. The first-order valence-corrected chi connectivity index (χ1v) is 9.93. The van der Waals surface area contributed by atoms with Gasteiger partial charge < -0.3 is 10.1 Å². The number of nitrogens with one attached hydrogen (secondary N) is 1. The Balaban J connectivity index is 1.58. The molecule has 0 amide bonds. The zero-order chi connectivity index (χ0) is 20.1. The Morgan fingerprint density at radius 2 is 1.89 bits per heavy atom. The lowest BCUT2D eigenvalue weighted by Gasteiger charge is -2.36. The quantitative estimate of drug-likeness (QED) is 0.822. The summed E-state index contributed by atoms with van der Waals surface area (Å²) in [6, 6.07) is 3.91. The van der Waals surface area contributed by atoms with Crippen LogP contribution in [0.15, 0.2) is 12.1 Å². The molecule has 2 aliphatic rings. The monoisotopic (exact) mass is 396 g/mol. The minimum absolute atomic E-state index is 0.0535. The Bertz CT molecular complexity index is 843. The molecule has 2 aromatic rings. The number of alkyl halides is 3. The fourth-order valence-corrected chi connectivity index (χ4v) is 4.27. The van der Waals surface area contributed by atoms with Gasteiger partial charge in [-0.25, -0.2) is 9.50 Å². The van der Waals surface area contributed by atoms with Gasteiger partial charge in [0.15, 0.2) is 5.65 Å². The van der Waals surface area contributed by atoms with Crippen molar-refractivity contribution in [3.05, 3.63) is 29.2 Å². The summed E-state index contributed by atoms with van der Waals surface area (Å²) in [5, 5.41) is 8.23. The van der Waals surface area contributed by atoms with Crippen LogP contribution in [0.4, 0.5) is 13.2 Å². The van der Waals surface area contributed by atoms with Crippen LogP contribution in [0.1, 0.15) is 68.6 Å². The maximum Gasteiger partial charge on any atom is 0.391 e. The van der Waals surface area contributed by atoms with Gasteiger partial charge in [-0.3, -0.25) is 0 Å². The Labute approximate surface area is 162 Å². The van der Waals surface area contributed by atoms with E-state index in [2.05, 4.69) is 24.1 Å². The van der Waals surface area contributed by atoms with Gasteiger partial charge in [-0.05, 0) is 52.5 Å². The second-order valence-corrected chi connectivity index (χ2v) is 8.82.